The summed E-state index contributed by atoms with van der Waals surface area (Å²) >= 11 is 2.64. The van der Waals surface area contributed by atoms with Crippen molar-refractivity contribution in [2.75, 3.05) is 17.7 Å². The lowest BCUT2D eigenvalue weighted by Crippen LogP contribution is -2.16. The van der Waals surface area contributed by atoms with E-state index in [4.69, 9.17) is 9.47 Å². The van der Waals surface area contributed by atoms with E-state index >= 15 is 0 Å². The molecule has 0 atom stereocenters. The maximum Gasteiger partial charge on any atom is 0.341 e. The van der Waals surface area contributed by atoms with Gasteiger partial charge in [-0.25, -0.2) is 4.79 Å². The molecule has 0 bridgehead atoms. The summed E-state index contributed by atoms with van der Waals surface area (Å²) in [5, 5.41) is 12.3. The van der Waals surface area contributed by atoms with Crippen LogP contribution in [0, 0.1) is 27.7 Å². The first-order valence-corrected chi connectivity index (χ1v) is 12.3. The van der Waals surface area contributed by atoms with Crippen LogP contribution in [0.1, 0.15) is 44.7 Å². The van der Waals surface area contributed by atoms with Crippen LogP contribution in [-0.2, 0) is 23.2 Å². The van der Waals surface area contributed by atoms with E-state index in [0.717, 1.165) is 27.3 Å². The molecule has 0 saturated heterocycles. The zero-order valence-electron chi connectivity index (χ0n) is 19.6. The SMILES string of the molecule is CCOC(=O)c1c(NC(=O)CSc2nnc(COc3cc(C)ccc3C)n2C)sc(C)c1C. The minimum Gasteiger partial charge on any atom is -0.485 e. The lowest BCUT2D eigenvalue weighted by molar-refractivity contribution is -0.113. The highest BCUT2D eigenvalue weighted by Crippen LogP contribution is 2.33. The molecule has 1 amide bonds. The second kappa shape index (κ2) is 10.8. The van der Waals surface area contributed by atoms with E-state index in [9.17, 15) is 9.59 Å². The zero-order chi connectivity index (χ0) is 24.1. The molecule has 33 heavy (non-hydrogen) atoms. The maximum absolute atomic E-state index is 12.6. The van der Waals surface area contributed by atoms with E-state index in [-0.39, 0.29) is 24.9 Å². The molecule has 0 aliphatic rings. The number of nitrogens with zero attached hydrogens (tertiary/aromatic N) is 3. The number of ether oxygens (including phenoxy) is 2. The number of rotatable bonds is 9. The van der Waals surface area contributed by atoms with Crippen LogP contribution in [0.5, 0.6) is 5.75 Å². The van der Waals surface area contributed by atoms with Crippen molar-refractivity contribution < 1.29 is 19.1 Å². The Labute approximate surface area is 201 Å². The Bertz CT molecular complexity index is 1170. The fraction of sp³-hybridized carbons (Fsp3) is 0.391. The van der Waals surface area contributed by atoms with Crippen LogP contribution in [0.15, 0.2) is 23.4 Å². The third-order valence-corrected chi connectivity index (χ3v) is 7.22. The van der Waals surface area contributed by atoms with E-state index < -0.39 is 5.97 Å². The van der Waals surface area contributed by atoms with Crippen LogP contribution in [0.2, 0.25) is 0 Å². The standard InChI is InChI=1S/C23H28N4O4S2/c1-7-30-22(29)20-15(4)16(5)33-21(20)24-19(28)12-32-23-26-25-18(27(23)6)11-31-17-10-13(2)8-9-14(17)3/h8-10H,7,11-12H2,1-6H3,(H,24,28). The van der Waals surface area contributed by atoms with Crippen LogP contribution in [0.3, 0.4) is 0 Å². The van der Waals surface area contributed by atoms with E-state index in [2.05, 4.69) is 15.5 Å². The topological polar surface area (TPSA) is 95.3 Å². The summed E-state index contributed by atoms with van der Waals surface area (Å²) < 4.78 is 12.9. The summed E-state index contributed by atoms with van der Waals surface area (Å²) in [7, 11) is 1.84. The van der Waals surface area contributed by atoms with Gasteiger partial charge >= 0.3 is 5.97 Å². The van der Waals surface area contributed by atoms with Gasteiger partial charge in [0, 0.05) is 11.9 Å². The zero-order valence-corrected chi connectivity index (χ0v) is 21.3. The number of thioether (sulfide) groups is 1. The Balaban J connectivity index is 1.60. The molecule has 176 valence electrons. The van der Waals surface area contributed by atoms with Crippen LogP contribution >= 0.6 is 23.1 Å². The van der Waals surface area contributed by atoms with Crippen molar-refractivity contribution in [1.82, 2.24) is 14.8 Å². The monoisotopic (exact) mass is 488 g/mol. The Morgan fingerprint density at radius 3 is 2.67 bits per heavy atom. The third kappa shape index (κ3) is 5.94. The van der Waals surface area contributed by atoms with Crippen molar-refractivity contribution in [1.29, 1.82) is 0 Å². The number of carbonyl (C=O) groups excluding carboxylic acids is 2. The lowest BCUT2D eigenvalue weighted by atomic mass is 10.1. The molecule has 0 spiro atoms. The van der Waals surface area contributed by atoms with Gasteiger partial charge in [0.15, 0.2) is 11.0 Å². The average molecular weight is 489 g/mol. The van der Waals surface area contributed by atoms with E-state index in [1.54, 1.807) is 6.92 Å². The number of esters is 1. The molecule has 3 aromatic rings. The second-order valence-corrected chi connectivity index (χ2v) is 9.73. The predicted molar refractivity (Wildman–Crippen MR) is 130 cm³/mol. The molecular weight excluding hydrogens is 460 g/mol. The number of hydrogen-bond acceptors (Lipinski definition) is 8. The number of benzene rings is 1. The number of anilines is 1. The van der Waals surface area contributed by atoms with Gasteiger partial charge in [-0.05, 0) is 57.4 Å². The smallest absolute Gasteiger partial charge is 0.341 e. The summed E-state index contributed by atoms with van der Waals surface area (Å²) in [6.45, 7) is 10.1. The van der Waals surface area contributed by atoms with Gasteiger partial charge in [0.1, 0.15) is 17.4 Å². The molecule has 0 aliphatic carbocycles. The van der Waals surface area contributed by atoms with Gasteiger partial charge in [0.25, 0.3) is 0 Å². The maximum atomic E-state index is 12.6. The predicted octanol–water partition coefficient (Wildman–Crippen LogP) is 4.60. The second-order valence-electron chi connectivity index (χ2n) is 7.56. The first kappa shape index (κ1) is 24.8. The van der Waals surface area contributed by atoms with Crippen molar-refractivity contribution in [2.24, 2.45) is 7.05 Å². The molecule has 0 saturated carbocycles. The van der Waals surface area contributed by atoms with Crippen LogP contribution < -0.4 is 10.1 Å². The molecule has 0 aliphatic heterocycles. The van der Waals surface area contributed by atoms with Crippen molar-refractivity contribution in [3.8, 4) is 5.75 Å². The summed E-state index contributed by atoms with van der Waals surface area (Å²) in [5.41, 5.74) is 3.42. The summed E-state index contributed by atoms with van der Waals surface area (Å²) in [6.07, 6.45) is 0. The first-order valence-electron chi connectivity index (χ1n) is 10.5. The van der Waals surface area contributed by atoms with Gasteiger partial charge in [-0.3, -0.25) is 4.79 Å². The summed E-state index contributed by atoms with van der Waals surface area (Å²) in [4.78, 5) is 25.8. The highest BCUT2D eigenvalue weighted by molar-refractivity contribution is 7.99. The van der Waals surface area contributed by atoms with Crippen LogP contribution in [0.4, 0.5) is 5.00 Å². The van der Waals surface area contributed by atoms with Gasteiger partial charge < -0.3 is 19.4 Å². The average Bonchev–Trinajstić information content (AvgIpc) is 3.25. The summed E-state index contributed by atoms with van der Waals surface area (Å²) in [6, 6.07) is 6.05. The summed E-state index contributed by atoms with van der Waals surface area (Å²) in [5.74, 6) is 0.938. The number of carbonyl (C=O) groups is 2. The van der Waals surface area contributed by atoms with Crippen molar-refractivity contribution >= 4 is 40.0 Å². The number of aryl methyl sites for hydroxylation is 3. The van der Waals surface area contributed by atoms with Crippen molar-refractivity contribution in [3.63, 3.8) is 0 Å². The van der Waals surface area contributed by atoms with Crippen LogP contribution in [-0.4, -0.2) is 39.0 Å². The Morgan fingerprint density at radius 1 is 1.18 bits per heavy atom. The quantitative estimate of drug-likeness (QED) is 0.347. The number of aromatic nitrogens is 3. The van der Waals surface area contributed by atoms with Crippen molar-refractivity contribution in [3.05, 3.63) is 51.2 Å². The minimum atomic E-state index is -0.427. The molecule has 2 heterocycles. The largest absolute Gasteiger partial charge is 0.485 e. The van der Waals surface area contributed by atoms with Gasteiger partial charge in [-0.15, -0.1) is 21.5 Å². The molecule has 3 rings (SSSR count). The van der Waals surface area contributed by atoms with Gasteiger partial charge in [-0.2, -0.15) is 0 Å². The molecule has 8 nitrogen and oxygen atoms in total. The molecule has 0 unspecified atom stereocenters. The van der Waals surface area contributed by atoms with Gasteiger partial charge in [-0.1, -0.05) is 23.9 Å². The molecule has 0 fully saturated rings. The molecule has 10 heteroatoms. The lowest BCUT2D eigenvalue weighted by Gasteiger charge is -2.10. The molecule has 1 N–H and O–H groups in total. The minimum absolute atomic E-state index is 0.127. The number of nitrogens with one attached hydrogen (secondary N) is 1. The molecular formula is C23H28N4O4S2. The van der Waals surface area contributed by atoms with E-state index in [1.807, 2.05) is 57.5 Å². The normalized spacial score (nSPS) is 10.8. The van der Waals surface area contributed by atoms with Crippen LogP contribution in [0.25, 0.3) is 0 Å². The first-order chi connectivity index (χ1) is 15.7. The van der Waals surface area contributed by atoms with Gasteiger partial charge in [0.05, 0.1) is 17.9 Å². The van der Waals surface area contributed by atoms with E-state index in [1.165, 1.54) is 23.1 Å². The van der Waals surface area contributed by atoms with E-state index in [0.29, 0.717) is 21.5 Å². The Morgan fingerprint density at radius 2 is 1.94 bits per heavy atom. The molecule has 1 aromatic carbocycles. The number of thiophene rings is 1. The molecule has 0 radical (unpaired) electrons. The Kier molecular flexibility index (Phi) is 8.15. The Hall–Kier alpha value is -2.85. The fourth-order valence-electron chi connectivity index (χ4n) is 3.06. The highest BCUT2D eigenvalue weighted by atomic mass is 32.2. The molecule has 2 aromatic heterocycles. The fourth-order valence-corrected chi connectivity index (χ4v) is 4.85. The number of hydrogen-bond donors (Lipinski definition) is 1. The van der Waals surface area contributed by atoms with Gasteiger partial charge in [0.2, 0.25) is 5.91 Å². The van der Waals surface area contributed by atoms with Crippen molar-refractivity contribution in [2.45, 2.75) is 46.4 Å². The highest BCUT2D eigenvalue weighted by Gasteiger charge is 2.22. The third-order valence-electron chi connectivity index (χ3n) is 5.08. The number of amides is 1.